The van der Waals surface area contributed by atoms with Gasteiger partial charge in [0.2, 0.25) is 5.88 Å². The van der Waals surface area contributed by atoms with Crippen molar-refractivity contribution < 1.29 is 19.4 Å². The zero-order chi connectivity index (χ0) is 13.9. The molecule has 0 saturated carbocycles. The van der Waals surface area contributed by atoms with E-state index in [1.165, 1.54) is 6.20 Å². The highest BCUT2D eigenvalue weighted by molar-refractivity contribution is 5.94. The molecule has 0 aliphatic carbocycles. The summed E-state index contributed by atoms with van der Waals surface area (Å²) in [6.07, 6.45) is 3.38. The second-order valence-electron chi connectivity index (χ2n) is 5.20. The first-order valence-corrected chi connectivity index (χ1v) is 6.90. The molecule has 0 spiro atoms. The van der Waals surface area contributed by atoms with Gasteiger partial charge in [0, 0.05) is 32.0 Å². The Hall–Kier alpha value is -1.66. The van der Waals surface area contributed by atoms with Gasteiger partial charge in [0.15, 0.2) is 0 Å². The molecule has 2 aliphatic rings. The maximum atomic E-state index is 12.0. The van der Waals surface area contributed by atoms with Gasteiger partial charge in [-0.05, 0) is 18.9 Å². The van der Waals surface area contributed by atoms with Crippen LogP contribution in [0.2, 0.25) is 0 Å². The molecule has 108 valence electrons. The first-order valence-electron chi connectivity index (χ1n) is 6.90. The average Bonchev–Trinajstić information content (AvgIpc) is 2.95. The lowest BCUT2D eigenvalue weighted by molar-refractivity contribution is 0.00585. The van der Waals surface area contributed by atoms with Gasteiger partial charge in [-0.25, -0.2) is 4.98 Å². The largest absolute Gasteiger partial charge is 0.475 e. The number of aliphatic hydroxyl groups is 1. The van der Waals surface area contributed by atoms with Gasteiger partial charge in [0.05, 0.1) is 17.8 Å². The molecule has 20 heavy (non-hydrogen) atoms. The smallest absolute Gasteiger partial charge is 0.255 e. The van der Waals surface area contributed by atoms with Crippen molar-refractivity contribution in [1.82, 2.24) is 9.88 Å². The average molecular weight is 278 g/mol. The van der Waals surface area contributed by atoms with E-state index in [0.717, 1.165) is 19.4 Å². The van der Waals surface area contributed by atoms with E-state index in [0.29, 0.717) is 31.1 Å². The van der Waals surface area contributed by atoms with Crippen molar-refractivity contribution in [2.75, 3.05) is 26.3 Å². The quantitative estimate of drug-likeness (QED) is 0.866. The number of carbonyl (C=O) groups is 1. The monoisotopic (exact) mass is 278 g/mol. The van der Waals surface area contributed by atoms with Crippen molar-refractivity contribution in [1.29, 1.82) is 0 Å². The molecule has 1 aromatic rings. The number of ether oxygens (including phenoxy) is 2. The van der Waals surface area contributed by atoms with Crippen molar-refractivity contribution in [3.05, 3.63) is 23.9 Å². The summed E-state index contributed by atoms with van der Waals surface area (Å²) in [6, 6.07) is 3.39. The number of aromatic nitrogens is 1. The highest BCUT2D eigenvalue weighted by Gasteiger charge is 2.29. The fourth-order valence-corrected chi connectivity index (χ4v) is 2.35. The zero-order valence-corrected chi connectivity index (χ0v) is 11.2. The van der Waals surface area contributed by atoms with Crippen LogP contribution in [0.1, 0.15) is 23.2 Å². The number of carbonyl (C=O) groups excluding carboxylic acids is 1. The van der Waals surface area contributed by atoms with Crippen molar-refractivity contribution in [2.24, 2.45) is 0 Å². The molecule has 3 heterocycles. The summed E-state index contributed by atoms with van der Waals surface area (Å²) in [5.74, 6) is 0.397. The summed E-state index contributed by atoms with van der Waals surface area (Å²) in [4.78, 5) is 17.7. The van der Waals surface area contributed by atoms with Crippen molar-refractivity contribution >= 4 is 5.91 Å². The molecule has 0 radical (unpaired) electrons. The van der Waals surface area contributed by atoms with Crippen LogP contribution in [0.4, 0.5) is 0 Å². The molecule has 0 aromatic carbocycles. The minimum atomic E-state index is -0.388. The Labute approximate surface area is 117 Å². The molecule has 1 amide bonds. The van der Waals surface area contributed by atoms with Crippen LogP contribution in [-0.4, -0.2) is 59.4 Å². The number of aliphatic hydroxyl groups excluding tert-OH is 1. The summed E-state index contributed by atoms with van der Waals surface area (Å²) < 4.78 is 11.0. The highest BCUT2D eigenvalue weighted by Crippen LogP contribution is 2.16. The molecule has 3 rings (SSSR count). The van der Waals surface area contributed by atoms with E-state index in [1.54, 1.807) is 17.0 Å². The van der Waals surface area contributed by atoms with E-state index < -0.39 is 0 Å². The molecule has 2 aliphatic heterocycles. The highest BCUT2D eigenvalue weighted by atomic mass is 16.5. The Morgan fingerprint density at radius 3 is 2.95 bits per heavy atom. The van der Waals surface area contributed by atoms with Gasteiger partial charge in [-0.1, -0.05) is 0 Å². The first kappa shape index (κ1) is 13.3. The second kappa shape index (κ2) is 5.76. The molecule has 1 aromatic heterocycles. The lowest BCUT2D eigenvalue weighted by atomic mass is 10.1. The Kier molecular flexibility index (Phi) is 3.84. The van der Waals surface area contributed by atoms with Gasteiger partial charge in [-0.3, -0.25) is 4.79 Å². The molecule has 1 atom stereocenters. The van der Waals surface area contributed by atoms with Gasteiger partial charge in [-0.15, -0.1) is 0 Å². The van der Waals surface area contributed by atoms with Crippen LogP contribution >= 0.6 is 0 Å². The number of nitrogens with zero attached hydrogens (tertiary/aromatic N) is 2. The number of pyridine rings is 1. The summed E-state index contributed by atoms with van der Waals surface area (Å²) in [5.41, 5.74) is 0.515. The first-order chi connectivity index (χ1) is 9.72. The third-order valence-electron chi connectivity index (χ3n) is 3.57. The van der Waals surface area contributed by atoms with Crippen LogP contribution in [0.5, 0.6) is 5.88 Å². The second-order valence-corrected chi connectivity index (χ2v) is 5.20. The minimum Gasteiger partial charge on any atom is -0.475 e. The van der Waals surface area contributed by atoms with Gasteiger partial charge in [0.1, 0.15) is 6.61 Å². The minimum absolute atomic E-state index is 0.103. The van der Waals surface area contributed by atoms with Crippen LogP contribution in [0.15, 0.2) is 18.3 Å². The van der Waals surface area contributed by atoms with E-state index in [1.807, 2.05) is 0 Å². The summed E-state index contributed by atoms with van der Waals surface area (Å²) in [6.45, 7) is 2.10. The molecule has 0 bridgehead atoms. The van der Waals surface area contributed by atoms with Gasteiger partial charge >= 0.3 is 0 Å². The molecular weight excluding hydrogens is 260 g/mol. The van der Waals surface area contributed by atoms with Crippen LogP contribution in [0.25, 0.3) is 0 Å². The standard InChI is InChI=1S/C14H18N2O4/c17-11-7-16(8-11)14(18)10-3-4-13(15-6-10)20-9-12-2-1-5-19-12/h3-4,6,11-12,17H,1-2,5,7-9H2. The van der Waals surface area contributed by atoms with Gasteiger partial charge in [0.25, 0.3) is 5.91 Å². The number of amides is 1. The fraction of sp³-hybridized carbons (Fsp3) is 0.571. The molecular formula is C14H18N2O4. The Morgan fingerprint density at radius 1 is 1.50 bits per heavy atom. The maximum absolute atomic E-state index is 12.0. The van der Waals surface area contributed by atoms with E-state index in [9.17, 15) is 9.90 Å². The van der Waals surface area contributed by atoms with E-state index in [4.69, 9.17) is 9.47 Å². The van der Waals surface area contributed by atoms with Gasteiger partial charge < -0.3 is 19.5 Å². The Bertz CT molecular complexity index is 465. The summed E-state index contributed by atoms with van der Waals surface area (Å²) in [7, 11) is 0. The molecule has 1 N–H and O–H groups in total. The van der Waals surface area contributed by atoms with Crippen molar-refractivity contribution in [2.45, 2.75) is 25.0 Å². The summed E-state index contributed by atoms with van der Waals surface area (Å²) in [5, 5.41) is 9.19. The molecule has 1 unspecified atom stereocenters. The summed E-state index contributed by atoms with van der Waals surface area (Å²) >= 11 is 0. The third-order valence-corrected chi connectivity index (χ3v) is 3.57. The maximum Gasteiger partial charge on any atom is 0.255 e. The lowest BCUT2D eigenvalue weighted by Crippen LogP contribution is -2.53. The Balaban J connectivity index is 1.52. The van der Waals surface area contributed by atoms with E-state index >= 15 is 0 Å². The van der Waals surface area contributed by atoms with Crippen LogP contribution < -0.4 is 4.74 Å². The van der Waals surface area contributed by atoms with E-state index in [-0.39, 0.29) is 18.1 Å². The molecule has 6 nitrogen and oxygen atoms in total. The van der Waals surface area contributed by atoms with Gasteiger partial charge in [-0.2, -0.15) is 0 Å². The SMILES string of the molecule is O=C(c1ccc(OCC2CCCO2)nc1)N1CC(O)C1. The predicted octanol–water partition coefficient (Wildman–Crippen LogP) is 0.456. The van der Waals surface area contributed by atoms with Crippen LogP contribution in [-0.2, 0) is 4.74 Å². The Morgan fingerprint density at radius 2 is 2.35 bits per heavy atom. The number of rotatable bonds is 4. The molecule has 6 heteroatoms. The van der Waals surface area contributed by atoms with E-state index in [2.05, 4.69) is 4.98 Å². The zero-order valence-electron chi connectivity index (χ0n) is 11.2. The predicted molar refractivity (Wildman–Crippen MR) is 70.6 cm³/mol. The topological polar surface area (TPSA) is 71.9 Å². The number of likely N-dealkylation sites (tertiary alicyclic amines) is 1. The number of hydrogen-bond donors (Lipinski definition) is 1. The number of hydrogen-bond acceptors (Lipinski definition) is 5. The molecule has 2 saturated heterocycles. The van der Waals surface area contributed by atoms with Crippen LogP contribution in [0, 0.1) is 0 Å². The molecule has 2 fully saturated rings. The van der Waals surface area contributed by atoms with Crippen molar-refractivity contribution in [3.8, 4) is 5.88 Å². The lowest BCUT2D eigenvalue weighted by Gasteiger charge is -2.35. The number of β-amino-alcohol motifs (C(OH)–C–C–N with tert-alkyl or cyclic N) is 1. The third kappa shape index (κ3) is 2.91. The van der Waals surface area contributed by atoms with Crippen molar-refractivity contribution in [3.63, 3.8) is 0 Å². The normalized spacial score (nSPS) is 22.6. The van der Waals surface area contributed by atoms with Crippen LogP contribution in [0.3, 0.4) is 0 Å². The fourth-order valence-electron chi connectivity index (χ4n) is 2.35.